The van der Waals surface area contributed by atoms with Crippen LogP contribution in [0.1, 0.15) is 6.92 Å². The number of anilines is 2. The van der Waals surface area contributed by atoms with Crippen LogP contribution >= 0.6 is 0 Å². The zero-order chi connectivity index (χ0) is 24.6. The predicted octanol–water partition coefficient (Wildman–Crippen LogP) is 3.67. The number of amides is 1. The van der Waals surface area contributed by atoms with E-state index in [9.17, 15) is 17.6 Å². The van der Waals surface area contributed by atoms with Gasteiger partial charge in [-0.3, -0.25) is 9.10 Å². The Morgan fingerprint density at radius 3 is 2.21 bits per heavy atom. The highest BCUT2D eigenvalue weighted by Gasteiger charge is 2.27. The first-order valence-corrected chi connectivity index (χ1v) is 12.3. The van der Waals surface area contributed by atoms with Crippen molar-refractivity contribution >= 4 is 27.3 Å². The van der Waals surface area contributed by atoms with Crippen LogP contribution in [0.4, 0.5) is 15.8 Å². The van der Waals surface area contributed by atoms with Crippen LogP contribution in [0.5, 0.6) is 5.75 Å². The number of hydrogen-bond acceptors (Lipinski definition) is 5. The summed E-state index contributed by atoms with van der Waals surface area (Å²) in [4.78, 5) is 14.6. The van der Waals surface area contributed by atoms with E-state index in [-0.39, 0.29) is 4.90 Å². The minimum absolute atomic E-state index is 0.112. The van der Waals surface area contributed by atoms with Crippen molar-refractivity contribution in [1.29, 1.82) is 0 Å². The number of carbonyl (C=O) groups excluding carboxylic acids is 1. The predicted molar refractivity (Wildman–Crippen MR) is 131 cm³/mol. The molecule has 7 nitrogen and oxygen atoms in total. The van der Waals surface area contributed by atoms with Gasteiger partial charge in [0.15, 0.2) is 0 Å². The SMILES string of the molecule is CCOc1ccc(N(CC(=O)NCCN(C)c2ccccc2)S(=O)(=O)c2ccc(F)cc2)cc1. The molecule has 0 spiro atoms. The average molecular weight is 486 g/mol. The van der Waals surface area contributed by atoms with Crippen LogP contribution in [0, 0.1) is 5.82 Å². The topological polar surface area (TPSA) is 79.0 Å². The molecule has 0 atom stereocenters. The molecule has 0 saturated heterocycles. The summed E-state index contributed by atoms with van der Waals surface area (Å²) in [7, 11) is -2.21. The van der Waals surface area contributed by atoms with Crippen LogP contribution in [-0.4, -0.2) is 47.6 Å². The van der Waals surface area contributed by atoms with E-state index in [0.29, 0.717) is 31.1 Å². The molecule has 180 valence electrons. The van der Waals surface area contributed by atoms with Crippen molar-refractivity contribution in [2.75, 3.05) is 42.5 Å². The van der Waals surface area contributed by atoms with Crippen LogP contribution in [0.3, 0.4) is 0 Å². The summed E-state index contributed by atoms with van der Waals surface area (Å²) >= 11 is 0. The van der Waals surface area contributed by atoms with Gasteiger partial charge in [-0.15, -0.1) is 0 Å². The minimum atomic E-state index is -4.12. The number of ether oxygens (including phenoxy) is 1. The molecule has 34 heavy (non-hydrogen) atoms. The lowest BCUT2D eigenvalue weighted by molar-refractivity contribution is -0.119. The quantitative estimate of drug-likeness (QED) is 0.448. The molecule has 0 aliphatic carbocycles. The number of hydrogen-bond donors (Lipinski definition) is 1. The normalized spacial score (nSPS) is 11.0. The number of likely N-dealkylation sites (N-methyl/N-ethyl adjacent to an activating group) is 1. The highest BCUT2D eigenvalue weighted by atomic mass is 32.2. The Bertz CT molecular complexity index is 1170. The summed E-state index contributed by atoms with van der Waals surface area (Å²) in [6, 6.07) is 20.6. The summed E-state index contributed by atoms with van der Waals surface area (Å²) < 4.78 is 46.5. The summed E-state index contributed by atoms with van der Waals surface area (Å²) in [5, 5.41) is 2.78. The van der Waals surface area contributed by atoms with E-state index in [1.807, 2.05) is 49.2 Å². The third-order valence-electron chi connectivity index (χ3n) is 5.09. The molecule has 0 fully saturated rings. The van der Waals surface area contributed by atoms with Crippen molar-refractivity contribution in [3.63, 3.8) is 0 Å². The molecule has 3 aromatic carbocycles. The Kier molecular flexibility index (Phi) is 8.48. The number of sulfonamides is 1. The second kappa shape index (κ2) is 11.5. The van der Waals surface area contributed by atoms with E-state index in [1.165, 1.54) is 12.1 Å². The van der Waals surface area contributed by atoms with Crippen LogP contribution in [-0.2, 0) is 14.8 Å². The number of nitrogens with zero attached hydrogens (tertiary/aromatic N) is 2. The lowest BCUT2D eigenvalue weighted by Gasteiger charge is -2.25. The second-order valence-corrected chi connectivity index (χ2v) is 9.36. The number of halogens is 1. The molecule has 0 aromatic heterocycles. The highest BCUT2D eigenvalue weighted by molar-refractivity contribution is 7.92. The molecule has 0 radical (unpaired) electrons. The van der Waals surface area contributed by atoms with E-state index in [1.54, 1.807) is 24.3 Å². The van der Waals surface area contributed by atoms with Gasteiger partial charge in [-0.25, -0.2) is 12.8 Å². The maximum Gasteiger partial charge on any atom is 0.264 e. The van der Waals surface area contributed by atoms with Gasteiger partial charge in [0.25, 0.3) is 10.0 Å². The first-order chi connectivity index (χ1) is 16.3. The van der Waals surface area contributed by atoms with Gasteiger partial charge in [0.05, 0.1) is 17.2 Å². The summed E-state index contributed by atoms with van der Waals surface area (Å²) in [6.07, 6.45) is 0. The molecule has 0 heterocycles. The Hall–Kier alpha value is -3.59. The average Bonchev–Trinajstić information content (AvgIpc) is 2.84. The first-order valence-electron chi connectivity index (χ1n) is 10.9. The zero-order valence-corrected chi connectivity index (χ0v) is 20.0. The number of nitrogens with one attached hydrogen (secondary N) is 1. The molecule has 0 unspecified atom stereocenters. The van der Waals surface area contributed by atoms with Gasteiger partial charge in [-0.1, -0.05) is 18.2 Å². The van der Waals surface area contributed by atoms with Gasteiger partial charge in [-0.2, -0.15) is 0 Å². The first kappa shape index (κ1) is 25.0. The molecule has 3 rings (SSSR count). The number of carbonyl (C=O) groups is 1. The van der Waals surface area contributed by atoms with E-state index < -0.39 is 28.3 Å². The number of benzene rings is 3. The molecule has 3 aromatic rings. The van der Waals surface area contributed by atoms with Crippen molar-refractivity contribution in [2.24, 2.45) is 0 Å². The Labute approximate surface area is 199 Å². The number of rotatable bonds is 11. The lowest BCUT2D eigenvalue weighted by Crippen LogP contribution is -2.42. The molecule has 9 heteroatoms. The van der Waals surface area contributed by atoms with E-state index in [0.717, 1.165) is 22.1 Å². The Balaban J connectivity index is 1.75. The van der Waals surface area contributed by atoms with Crippen LogP contribution in [0.15, 0.2) is 83.8 Å². The monoisotopic (exact) mass is 485 g/mol. The molecule has 0 aliphatic heterocycles. The van der Waals surface area contributed by atoms with E-state index in [2.05, 4.69) is 5.32 Å². The fourth-order valence-corrected chi connectivity index (χ4v) is 4.71. The van der Waals surface area contributed by atoms with Crippen LogP contribution in [0.25, 0.3) is 0 Å². The molecular formula is C25H28FN3O4S. The molecule has 1 amide bonds. The third kappa shape index (κ3) is 6.48. The van der Waals surface area contributed by atoms with Crippen molar-refractivity contribution < 1.29 is 22.3 Å². The van der Waals surface area contributed by atoms with Crippen LogP contribution < -0.4 is 19.3 Å². The molecule has 1 N–H and O–H groups in total. The standard InChI is InChI=1S/C25H28FN3O4S/c1-3-33-23-13-11-22(12-14-23)29(34(31,32)24-15-9-20(26)10-16-24)19-25(30)27-17-18-28(2)21-7-5-4-6-8-21/h4-16H,3,17-19H2,1-2H3,(H,27,30). The van der Waals surface area contributed by atoms with Crippen molar-refractivity contribution in [2.45, 2.75) is 11.8 Å². The Morgan fingerprint density at radius 2 is 1.59 bits per heavy atom. The van der Waals surface area contributed by atoms with Crippen molar-refractivity contribution in [3.05, 3.63) is 84.7 Å². The van der Waals surface area contributed by atoms with E-state index >= 15 is 0 Å². The second-order valence-electron chi connectivity index (χ2n) is 7.50. The van der Waals surface area contributed by atoms with Gasteiger partial charge >= 0.3 is 0 Å². The zero-order valence-electron chi connectivity index (χ0n) is 19.1. The van der Waals surface area contributed by atoms with Crippen molar-refractivity contribution in [1.82, 2.24) is 5.32 Å². The highest BCUT2D eigenvalue weighted by Crippen LogP contribution is 2.26. The van der Waals surface area contributed by atoms with Crippen molar-refractivity contribution in [3.8, 4) is 5.75 Å². The largest absolute Gasteiger partial charge is 0.494 e. The Morgan fingerprint density at radius 1 is 0.941 bits per heavy atom. The summed E-state index contributed by atoms with van der Waals surface area (Å²) in [5.41, 5.74) is 1.30. The number of para-hydroxylation sites is 1. The fourth-order valence-electron chi connectivity index (χ4n) is 3.29. The third-order valence-corrected chi connectivity index (χ3v) is 6.88. The van der Waals surface area contributed by atoms with Gasteiger partial charge in [0.2, 0.25) is 5.91 Å². The van der Waals surface area contributed by atoms with Gasteiger partial charge in [0, 0.05) is 25.8 Å². The molecular weight excluding hydrogens is 457 g/mol. The fraction of sp³-hybridized carbons (Fsp3) is 0.240. The molecule has 0 bridgehead atoms. The lowest BCUT2D eigenvalue weighted by atomic mass is 10.3. The van der Waals surface area contributed by atoms with E-state index in [4.69, 9.17) is 4.74 Å². The van der Waals surface area contributed by atoms with Gasteiger partial charge in [-0.05, 0) is 67.6 Å². The molecule has 0 saturated carbocycles. The van der Waals surface area contributed by atoms with Gasteiger partial charge < -0.3 is 15.0 Å². The maximum absolute atomic E-state index is 13.4. The molecule has 0 aliphatic rings. The minimum Gasteiger partial charge on any atom is -0.494 e. The smallest absolute Gasteiger partial charge is 0.264 e. The van der Waals surface area contributed by atoms with Crippen LogP contribution in [0.2, 0.25) is 0 Å². The summed E-state index contributed by atoms with van der Waals surface area (Å²) in [6.45, 7) is 2.76. The van der Waals surface area contributed by atoms with Gasteiger partial charge in [0.1, 0.15) is 18.1 Å². The summed E-state index contributed by atoms with van der Waals surface area (Å²) in [5.74, 6) is -0.424. The maximum atomic E-state index is 13.4.